The van der Waals surface area contributed by atoms with Crippen LogP contribution >= 0.6 is 11.3 Å². The van der Waals surface area contributed by atoms with E-state index in [4.69, 9.17) is 5.11 Å². The molecule has 0 bridgehead atoms. The minimum atomic E-state index is -1.22. The number of aliphatic carboxylic acids is 1. The standard InChI is InChI=1S/C13H12N2O3S/c14-7-9-8-3-1-2-4-11(8)19-12(9)15-10(5-6-16)13(17)18/h5-6,15H,1-4H2,(H,17,18). The van der Waals surface area contributed by atoms with E-state index >= 15 is 0 Å². The average Bonchev–Trinajstić information content (AvgIpc) is 2.75. The highest BCUT2D eigenvalue weighted by Gasteiger charge is 2.22. The molecule has 1 heterocycles. The fourth-order valence-corrected chi connectivity index (χ4v) is 3.38. The van der Waals surface area contributed by atoms with Crippen LogP contribution in [0, 0.1) is 11.3 Å². The molecule has 0 unspecified atom stereocenters. The van der Waals surface area contributed by atoms with Crippen LogP contribution in [0.3, 0.4) is 0 Å². The summed E-state index contributed by atoms with van der Waals surface area (Å²) in [5, 5.41) is 21.4. The largest absolute Gasteiger partial charge is 0.477 e. The molecular weight excluding hydrogens is 264 g/mol. The van der Waals surface area contributed by atoms with Crippen LogP contribution in [0.2, 0.25) is 0 Å². The highest BCUT2D eigenvalue weighted by Crippen LogP contribution is 2.38. The number of allylic oxidation sites excluding steroid dienone is 1. The maximum Gasteiger partial charge on any atom is 0.352 e. The van der Waals surface area contributed by atoms with Crippen LogP contribution in [0.15, 0.2) is 11.8 Å². The molecule has 0 fully saturated rings. The second kappa shape index (κ2) is 5.67. The number of thiophene rings is 1. The molecule has 2 N–H and O–H groups in total. The van der Waals surface area contributed by atoms with Gasteiger partial charge in [-0.25, -0.2) is 4.79 Å². The van der Waals surface area contributed by atoms with Crippen LogP contribution in [-0.2, 0) is 22.4 Å². The molecule has 5 nitrogen and oxygen atoms in total. The zero-order valence-corrected chi connectivity index (χ0v) is 10.9. The molecule has 1 aromatic rings. The predicted octanol–water partition coefficient (Wildman–Crippen LogP) is 2.08. The van der Waals surface area contributed by atoms with Gasteiger partial charge in [0.05, 0.1) is 5.56 Å². The van der Waals surface area contributed by atoms with E-state index < -0.39 is 5.97 Å². The molecule has 0 radical (unpaired) electrons. The number of carbonyl (C=O) groups excluding carboxylic acids is 1. The molecule has 6 heteroatoms. The van der Waals surface area contributed by atoms with Gasteiger partial charge in [-0.3, -0.25) is 4.79 Å². The van der Waals surface area contributed by atoms with E-state index in [-0.39, 0.29) is 5.70 Å². The highest BCUT2D eigenvalue weighted by atomic mass is 32.1. The van der Waals surface area contributed by atoms with Crippen molar-refractivity contribution < 1.29 is 14.7 Å². The van der Waals surface area contributed by atoms with Crippen molar-refractivity contribution >= 4 is 28.6 Å². The van der Waals surface area contributed by atoms with Gasteiger partial charge in [0.25, 0.3) is 0 Å². The van der Waals surface area contributed by atoms with Gasteiger partial charge in [0.1, 0.15) is 23.1 Å². The number of aldehydes is 1. The minimum absolute atomic E-state index is 0.218. The number of carboxylic acids is 1. The quantitative estimate of drug-likeness (QED) is 0.649. The molecule has 98 valence electrons. The minimum Gasteiger partial charge on any atom is -0.477 e. The molecule has 0 saturated carbocycles. The maximum absolute atomic E-state index is 11.0. The van der Waals surface area contributed by atoms with Gasteiger partial charge in [-0.15, -0.1) is 11.3 Å². The Kier molecular flexibility index (Phi) is 3.97. The fourth-order valence-electron chi connectivity index (χ4n) is 2.13. The summed E-state index contributed by atoms with van der Waals surface area (Å²) in [6.45, 7) is 0. The molecule has 1 aliphatic carbocycles. The van der Waals surface area contributed by atoms with Crippen molar-refractivity contribution in [3.05, 3.63) is 27.8 Å². The molecule has 0 saturated heterocycles. The van der Waals surface area contributed by atoms with Crippen LogP contribution in [-0.4, -0.2) is 17.4 Å². The van der Waals surface area contributed by atoms with Gasteiger partial charge >= 0.3 is 5.97 Å². The van der Waals surface area contributed by atoms with E-state index in [1.165, 1.54) is 11.3 Å². The molecule has 0 aliphatic heterocycles. The Bertz CT molecular complexity index is 596. The molecule has 19 heavy (non-hydrogen) atoms. The highest BCUT2D eigenvalue weighted by molar-refractivity contribution is 7.16. The molecule has 0 amide bonds. The molecule has 0 atom stereocenters. The summed E-state index contributed by atoms with van der Waals surface area (Å²) in [7, 11) is 0. The number of anilines is 1. The number of carboxylic acid groups (broad SMARTS) is 1. The van der Waals surface area contributed by atoms with Crippen LogP contribution in [0.25, 0.3) is 0 Å². The van der Waals surface area contributed by atoms with Crippen molar-refractivity contribution in [2.24, 2.45) is 0 Å². The van der Waals surface area contributed by atoms with Gasteiger partial charge in [-0.05, 0) is 31.2 Å². The summed E-state index contributed by atoms with van der Waals surface area (Å²) in [6, 6.07) is 2.13. The Labute approximate surface area is 114 Å². The lowest BCUT2D eigenvalue weighted by Crippen LogP contribution is -2.10. The Hall–Kier alpha value is -2.13. The molecule has 1 aliphatic rings. The van der Waals surface area contributed by atoms with Gasteiger partial charge in [0.2, 0.25) is 0 Å². The lowest BCUT2D eigenvalue weighted by molar-refractivity contribution is -0.132. The number of aryl methyl sites for hydroxylation is 1. The van der Waals surface area contributed by atoms with Crippen molar-refractivity contribution in [2.75, 3.05) is 5.32 Å². The lowest BCUT2D eigenvalue weighted by Gasteiger charge is -2.09. The Morgan fingerprint density at radius 1 is 1.42 bits per heavy atom. The second-order valence-corrected chi connectivity index (χ2v) is 5.28. The number of nitrogens with zero attached hydrogens (tertiary/aromatic N) is 1. The third-order valence-electron chi connectivity index (χ3n) is 3.00. The zero-order valence-electron chi connectivity index (χ0n) is 10.1. The molecule has 1 aromatic heterocycles. The van der Waals surface area contributed by atoms with Gasteiger partial charge in [-0.2, -0.15) is 5.26 Å². The SMILES string of the molecule is N#Cc1c(NC(=CC=O)C(=O)O)sc2c1CCCC2. The number of nitrogens with one attached hydrogen (secondary N) is 1. The maximum atomic E-state index is 11.0. The zero-order chi connectivity index (χ0) is 13.8. The number of carbonyl (C=O) groups is 2. The summed E-state index contributed by atoms with van der Waals surface area (Å²) in [4.78, 5) is 22.5. The first-order valence-corrected chi connectivity index (χ1v) is 6.69. The summed E-state index contributed by atoms with van der Waals surface area (Å²) < 4.78 is 0. The Morgan fingerprint density at radius 2 is 2.16 bits per heavy atom. The second-order valence-electron chi connectivity index (χ2n) is 4.17. The van der Waals surface area contributed by atoms with Crippen molar-refractivity contribution in [2.45, 2.75) is 25.7 Å². The van der Waals surface area contributed by atoms with Crippen LogP contribution in [0.4, 0.5) is 5.00 Å². The van der Waals surface area contributed by atoms with E-state index in [1.807, 2.05) is 0 Å². The van der Waals surface area contributed by atoms with Crippen LogP contribution in [0.5, 0.6) is 0 Å². The molecule has 2 rings (SSSR count). The summed E-state index contributed by atoms with van der Waals surface area (Å²) >= 11 is 1.40. The summed E-state index contributed by atoms with van der Waals surface area (Å²) in [5.41, 5.74) is 1.32. The topological polar surface area (TPSA) is 90.2 Å². The van der Waals surface area contributed by atoms with E-state index in [9.17, 15) is 14.9 Å². The number of hydrogen-bond donors (Lipinski definition) is 2. The van der Waals surface area contributed by atoms with E-state index in [0.717, 1.165) is 42.2 Å². The van der Waals surface area contributed by atoms with Gasteiger partial charge in [-0.1, -0.05) is 0 Å². The number of rotatable bonds is 4. The average molecular weight is 276 g/mol. The third-order valence-corrected chi connectivity index (χ3v) is 4.20. The Balaban J connectivity index is 2.38. The van der Waals surface area contributed by atoms with E-state index in [1.54, 1.807) is 0 Å². The summed E-state index contributed by atoms with van der Waals surface area (Å²) in [6.07, 6.45) is 5.28. The van der Waals surface area contributed by atoms with E-state index in [0.29, 0.717) is 16.9 Å². The fraction of sp³-hybridized carbons (Fsp3) is 0.308. The normalized spacial score (nSPS) is 14.4. The first-order valence-electron chi connectivity index (χ1n) is 5.87. The summed E-state index contributed by atoms with van der Waals surface area (Å²) in [5.74, 6) is -1.22. The first kappa shape index (κ1) is 13.3. The van der Waals surface area contributed by atoms with Crippen LogP contribution < -0.4 is 5.32 Å². The lowest BCUT2D eigenvalue weighted by atomic mass is 9.96. The van der Waals surface area contributed by atoms with E-state index in [2.05, 4.69) is 11.4 Å². The van der Waals surface area contributed by atoms with Gasteiger partial charge in [0, 0.05) is 11.0 Å². The van der Waals surface area contributed by atoms with Crippen molar-refractivity contribution in [1.29, 1.82) is 5.26 Å². The molecule has 0 spiro atoms. The van der Waals surface area contributed by atoms with Crippen molar-refractivity contribution in [1.82, 2.24) is 0 Å². The van der Waals surface area contributed by atoms with Gasteiger partial charge in [0.15, 0.2) is 0 Å². The van der Waals surface area contributed by atoms with Gasteiger partial charge < -0.3 is 10.4 Å². The molecule has 0 aromatic carbocycles. The first-order chi connectivity index (χ1) is 9.17. The Morgan fingerprint density at radius 3 is 2.79 bits per heavy atom. The third kappa shape index (κ3) is 2.66. The monoisotopic (exact) mass is 276 g/mol. The number of fused-ring (bicyclic) bond motifs is 1. The van der Waals surface area contributed by atoms with Crippen LogP contribution in [0.1, 0.15) is 28.8 Å². The molecular formula is C13H12N2O3S. The number of hydrogen-bond acceptors (Lipinski definition) is 5. The predicted molar refractivity (Wildman–Crippen MR) is 71.1 cm³/mol. The number of nitriles is 1. The smallest absolute Gasteiger partial charge is 0.352 e. The van der Waals surface area contributed by atoms with Crippen molar-refractivity contribution in [3.8, 4) is 6.07 Å². The van der Waals surface area contributed by atoms with Crippen molar-refractivity contribution in [3.63, 3.8) is 0 Å².